The molecule has 0 unspecified atom stereocenters. The summed E-state index contributed by atoms with van der Waals surface area (Å²) in [6, 6.07) is 8.21. The highest BCUT2D eigenvalue weighted by atomic mass is 16.2. The molecule has 0 aliphatic carbocycles. The first-order chi connectivity index (χ1) is 11.4. The lowest BCUT2D eigenvalue weighted by Gasteiger charge is -2.32. The number of anilines is 1. The summed E-state index contributed by atoms with van der Waals surface area (Å²) >= 11 is 0. The first kappa shape index (κ1) is 18.7. The number of piperazine rings is 1. The molecule has 1 aliphatic heterocycles. The van der Waals surface area contributed by atoms with Crippen molar-refractivity contribution in [3.05, 3.63) is 29.8 Å². The quantitative estimate of drug-likeness (QED) is 0.842. The molecule has 2 N–H and O–H groups in total. The van der Waals surface area contributed by atoms with Gasteiger partial charge in [0.05, 0.1) is 0 Å². The van der Waals surface area contributed by atoms with Gasteiger partial charge in [-0.1, -0.05) is 26.0 Å². The second-order valence-electron chi connectivity index (χ2n) is 7.22. The van der Waals surface area contributed by atoms with Crippen LogP contribution in [0.4, 0.5) is 10.5 Å². The number of benzene rings is 1. The van der Waals surface area contributed by atoms with Gasteiger partial charge in [-0.25, -0.2) is 4.79 Å². The van der Waals surface area contributed by atoms with E-state index in [1.807, 2.05) is 19.1 Å². The molecule has 1 aromatic carbocycles. The van der Waals surface area contributed by atoms with Gasteiger partial charge in [0.1, 0.15) is 0 Å². The van der Waals surface area contributed by atoms with Crippen LogP contribution in [0.5, 0.6) is 0 Å². The van der Waals surface area contributed by atoms with Crippen molar-refractivity contribution in [3.63, 3.8) is 0 Å². The molecule has 5 heteroatoms. The maximum Gasteiger partial charge on any atom is 0.319 e. The van der Waals surface area contributed by atoms with Crippen LogP contribution in [0.15, 0.2) is 24.3 Å². The average molecular weight is 332 g/mol. The Kier molecular flexibility index (Phi) is 7.06. The van der Waals surface area contributed by atoms with E-state index in [2.05, 4.69) is 53.5 Å². The summed E-state index contributed by atoms with van der Waals surface area (Å²) in [5.74, 6) is 0.424. The van der Waals surface area contributed by atoms with E-state index in [0.29, 0.717) is 5.92 Å². The molecule has 24 heavy (non-hydrogen) atoms. The molecule has 1 fully saturated rings. The zero-order valence-electron chi connectivity index (χ0n) is 15.5. The van der Waals surface area contributed by atoms with Gasteiger partial charge in [-0.15, -0.1) is 0 Å². The fourth-order valence-corrected chi connectivity index (χ4v) is 2.65. The molecule has 2 amide bonds. The molecular weight excluding hydrogens is 300 g/mol. The summed E-state index contributed by atoms with van der Waals surface area (Å²) in [6.45, 7) is 12.0. The summed E-state index contributed by atoms with van der Waals surface area (Å²) < 4.78 is 0. The van der Waals surface area contributed by atoms with Crippen molar-refractivity contribution in [1.82, 2.24) is 15.1 Å². The van der Waals surface area contributed by atoms with Crippen molar-refractivity contribution in [1.29, 1.82) is 0 Å². The zero-order valence-corrected chi connectivity index (χ0v) is 15.5. The largest absolute Gasteiger partial charge is 0.335 e. The normalized spacial score (nSPS) is 17.7. The molecule has 0 bridgehead atoms. The van der Waals surface area contributed by atoms with Crippen LogP contribution in [-0.2, 0) is 6.42 Å². The number of rotatable bonds is 6. The van der Waals surface area contributed by atoms with E-state index < -0.39 is 0 Å². The van der Waals surface area contributed by atoms with Crippen molar-refractivity contribution in [2.75, 3.05) is 45.1 Å². The molecule has 0 aromatic heterocycles. The van der Waals surface area contributed by atoms with E-state index in [9.17, 15) is 4.79 Å². The predicted molar refractivity (Wildman–Crippen MR) is 101 cm³/mol. The number of hydrogen-bond acceptors (Lipinski definition) is 3. The Morgan fingerprint density at radius 1 is 1.08 bits per heavy atom. The van der Waals surface area contributed by atoms with Gasteiger partial charge in [0.15, 0.2) is 0 Å². The van der Waals surface area contributed by atoms with Gasteiger partial charge < -0.3 is 20.4 Å². The highest BCUT2D eigenvalue weighted by Crippen LogP contribution is 2.11. The van der Waals surface area contributed by atoms with Crippen LogP contribution in [0.3, 0.4) is 0 Å². The number of carbonyl (C=O) groups excluding carboxylic acids is 1. The third kappa shape index (κ3) is 6.13. The Hall–Kier alpha value is -1.59. The third-order valence-corrected chi connectivity index (χ3v) is 4.88. The van der Waals surface area contributed by atoms with E-state index in [0.717, 1.165) is 44.8 Å². The average Bonchev–Trinajstić information content (AvgIpc) is 2.55. The summed E-state index contributed by atoms with van der Waals surface area (Å²) in [5, 5.41) is 5.85. The molecule has 0 radical (unpaired) electrons. The molecule has 1 aromatic rings. The van der Waals surface area contributed by atoms with Crippen molar-refractivity contribution >= 4 is 11.7 Å². The van der Waals surface area contributed by atoms with Crippen LogP contribution in [0.1, 0.15) is 26.3 Å². The first-order valence-corrected chi connectivity index (χ1v) is 9.01. The SMILES string of the molecule is CC(C)[C@H](C)NC(=O)Nc1ccc(CCN2CCN(C)CC2)cc1. The monoisotopic (exact) mass is 332 g/mol. The van der Waals surface area contributed by atoms with Gasteiger partial charge in [-0.2, -0.15) is 0 Å². The highest BCUT2D eigenvalue weighted by molar-refractivity contribution is 5.89. The number of nitrogens with one attached hydrogen (secondary N) is 2. The number of nitrogens with zero attached hydrogens (tertiary/aromatic N) is 2. The van der Waals surface area contributed by atoms with Crippen LogP contribution >= 0.6 is 0 Å². The Morgan fingerprint density at radius 2 is 1.71 bits per heavy atom. The predicted octanol–water partition coefficient (Wildman–Crippen LogP) is 2.64. The fourth-order valence-electron chi connectivity index (χ4n) is 2.65. The van der Waals surface area contributed by atoms with Gasteiger partial charge in [0.25, 0.3) is 0 Å². The van der Waals surface area contributed by atoms with Crippen LogP contribution < -0.4 is 10.6 Å². The van der Waals surface area contributed by atoms with Gasteiger partial charge in [0.2, 0.25) is 0 Å². The van der Waals surface area contributed by atoms with Crippen molar-refractivity contribution < 1.29 is 4.79 Å². The fraction of sp³-hybridized carbons (Fsp3) is 0.632. The van der Waals surface area contributed by atoms with Crippen LogP contribution in [0.2, 0.25) is 0 Å². The Bertz CT molecular complexity index is 507. The van der Waals surface area contributed by atoms with E-state index in [-0.39, 0.29) is 12.1 Å². The zero-order chi connectivity index (χ0) is 17.5. The van der Waals surface area contributed by atoms with Gasteiger partial charge in [-0.05, 0) is 44.0 Å². The minimum absolute atomic E-state index is 0.138. The molecule has 0 spiro atoms. The molecule has 0 saturated carbocycles. The molecule has 134 valence electrons. The van der Waals surface area contributed by atoms with Gasteiger partial charge in [-0.3, -0.25) is 0 Å². The van der Waals surface area contributed by atoms with E-state index in [1.54, 1.807) is 0 Å². The minimum atomic E-state index is -0.138. The molecule has 1 atom stereocenters. The van der Waals surface area contributed by atoms with E-state index >= 15 is 0 Å². The lowest BCUT2D eigenvalue weighted by molar-refractivity contribution is 0.155. The van der Waals surface area contributed by atoms with Crippen molar-refractivity contribution in [2.45, 2.75) is 33.2 Å². The summed E-state index contributed by atoms with van der Waals surface area (Å²) in [4.78, 5) is 16.8. The number of amides is 2. The third-order valence-electron chi connectivity index (χ3n) is 4.88. The Labute approximate surface area is 146 Å². The number of hydrogen-bond donors (Lipinski definition) is 2. The number of carbonyl (C=O) groups is 1. The standard InChI is InChI=1S/C19H32N4O/c1-15(2)16(3)20-19(24)21-18-7-5-17(6-8-18)9-10-23-13-11-22(4)12-14-23/h5-8,15-16H,9-14H2,1-4H3,(H2,20,21,24)/t16-/m0/s1. The summed E-state index contributed by atoms with van der Waals surface area (Å²) in [7, 11) is 2.18. The molecule has 2 rings (SSSR count). The van der Waals surface area contributed by atoms with Crippen LogP contribution in [-0.4, -0.2) is 61.6 Å². The molecule has 1 heterocycles. The topological polar surface area (TPSA) is 47.6 Å². The maximum absolute atomic E-state index is 11.9. The maximum atomic E-state index is 11.9. The molecular formula is C19H32N4O. The first-order valence-electron chi connectivity index (χ1n) is 9.01. The number of urea groups is 1. The van der Waals surface area contributed by atoms with E-state index in [4.69, 9.17) is 0 Å². The van der Waals surface area contributed by atoms with E-state index in [1.165, 1.54) is 5.56 Å². The lowest BCUT2D eigenvalue weighted by atomic mass is 10.1. The second-order valence-corrected chi connectivity index (χ2v) is 7.22. The Balaban J connectivity index is 1.75. The summed E-state index contributed by atoms with van der Waals surface area (Å²) in [5.41, 5.74) is 2.15. The molecule has 1 saturated heterocycles. The van der Waals surface area contributed by atoms with Crippen molar-refractivity contribution in [2.24, 2.45) is 5.92 Å². The molecule has 5 nitrogen and oxygen atoms in total. The molecule has 1 aliphatic rings. The Morgan fingerprint density at radius 3 is 2.29 bits per heavy atom. The van der Waals surface area contributed by atoms with Crippen LogP contribution in [0.25, 0.3) is 0 Å². The van der Waals surface area contributed by atoms with Gasteiger partial charge >= 0.3 is 6.03 Å². The highest BCUT2D eigenvalue weighted by Gasteiger charge is 2.13. The van der Waals surface area contributed by atoms with Crippen molar-refractivity contribution in [3.8, 4) is 0 Å². The minimum Gasteiger partial charge on any atom is -0.335 e. The van der Waals surface area contributed by atoms with Gasteiger partial charge in [0, 0.05) is 44.5 Å². The smallest absolute Gasteiger partial charge is 0.319 e. The lowest BCUT2D eigenvalue weighted by Crippen LogP contribution is -2.45. The van der Waals surface area contributed by atoms with Crippen LogP contribution in [0, 0.1) is 5.92 Å². The second kappa shape index (κ2) is 9.04. The number of likely N-dealkylation sites (N-methyl/N-ethyl adjacent to an activating group) is 1. The summed E-state index contributed by atoms with van der Waals surface area (Å²) in [6.07, 6.45) is 1.06.